The number of aromatic nitrogens is 1. The van der Waals surface area contributed by atoms with E-state index in [4.69, 9.17) is 10.4 Å². The minimum Gasteiger partial charge on any atom is -0.383 e. The maximum Gasteiger partial charge on any atom is 0.171 e. The third-order valence-corrected chi connectivity index (χ3v) is 1.71. The Labute approximate surface area is 80.3 Å². The summed E-state index contributed by atoms with van der Waals surface area (Å²) >= 11 is 0. The maximum atomic E-state index is 10.5. The first-order valence-corrected chi connectivity index (χ1v) is 3.86. The molecule has 14 heavy (non-hydrogen) atoms. The lowest BCUT2D eigenvalue weighted by atomic mass is 10.1. The van der Waals surface area contributed by atoms with Crippen LogP contribution in [0, 0.1) is 11.3 Å². The molecular formula is C9H8N2O3. The van der Waals surface area contributed by atoms with Crippen LogP contribution < -0.4 is 0 Å². The van der Waals surface area contributed by atoms with Crippen LogP contribution in [0.2, 0.25) is 0 Å². The molecule has 72 valence electrons. The van der Waals surface area contributed by atoms with Gasteiger partial charge < -0.3 is 10.2 Å². The van der Waals surface area contributed by atoms with E-state index in [1.54, 1.807) is 0 Å². The number of rotatable bonds is 3. The Kier molecular flexibility index (Phi) is 3.29. The second-order valence-electron chi connectivity index (χ2n) is 2.61. The predicted molar refractivity (Wildman–Crippen MR) is 46.2 cm³/mol. The first-order valence-electron chi connectivity index (χ1n) is 3.86. The van der Waals surface area contributed by atoms with Gasteiger partial charge in [0.1, 0.15) is 6.10 Å². The van der Waals surface area contributed by atoms with Crippen LogP contribution in [-0.4, -0.2) is 27.6 Å². The van der Waals surface area contributed by atoms with E-state index in [-0.39, 0.29) is 11.3 Å². The van der Waals surface area contributed by atoms with Gasteiger partial charge in [0.05, 0.1) is 11.8 Å². The second-order valence-corrected chi connectivity index (χ2v) is 2.61. The number of pyridine rings is 1. The summed E-state index contributed by atoms with van der Waals surface area (Å²) in [6.07, 6.45) is -1.16. The first-order chi connectivity index (χ1) is 6.70. The minimum atomic E-state index is -1.58. The molecule has 0 radical (unpaired) electrons. The highest BCUT2D eigenvalue weighted by atomic mass is 16.3. The van der Waals surface area contributed by atoms with Crippen LogP contribution in [0.3, 0.4) is 0 Å². The number of hydrogen-bond donors (Lipinski definition) is 2. The number of carbonyl (C=O) groups is 1. The van der Waals surface area contributed by atoms with Crippen LogP contribution in [0.5, 0.6) is 0 Å². The Bertz CT molecular complexity index is 373. The van der Waals surface area contributed by atoms with Gasteiger partial charge in [-0.3, -0.25) is 9.78 Å². The van der Waals surface area contributed by atoms with E-state index in [1.807, 2.05) is 0 Å². The maximum absolute atomic E-state index is 10.5. The Morgan fingerprint density at radius 2 is 2.29 bits per heavy atom. The summed E-state index contributed by atoms with van der Waals surface area (Å²) in [5.41, 5.74) is 0.172. The van der Waals surface area contributed by atoms with Crippen molar-refractivity contribution in [2.24, 2.45) is 0 Å². The topological polar surface area (TPSA) is 94.2 Å². The number of nitrogens with zero attached hydrogens (tertiary/aromatic N) is 2. The van der Waals surface area contributed by atoms with Gasteiger partial charge in [0, 0.05) is 11.8 Å². The van der Waals surface area contributed by atoms with Gasteiger partial charge in [-0.15, -0.1) is 0 Å². The molecular weight excluding hydrogens is 184 g/mol. The van der Waals surface area contributed by atoms with Gasteiger partial charge >= 0.3 is 0 Å². The Hall–Kier alpha value is -1.77. The van der Waals surface area contributed by atoms with Gasteiger partial charge in [0.15, 0.2) is 12.4 Å². The van der Waals surface area contributed by atoms with Gasteiger partial charge in [-0.2, -0.15) is 5.26 Å². The summed E-state index contributed by atoms with van der Waals surface area (Å²) in [7, 11) is 0. The van der Waals surface area contributed by atoms with E-state index in [1.165, 1.54) is 24.4 Å². The molecule has 1 heterocycles. The van der Waals surface area contributed by atoms with Crippen LogP contribution in [0.4, 0.5) is 0 Å². The van der Waals surface area contributed by atoms with Crippen molar-refractivity contribution in [3.05, 3.63) is 29.6 Å². The Morgan fingerprint density at radius 3 is 2.86 bits per heavy atom. The fourth-order valence-corrected chi connectivity index (χ4v) is 0.997. The fourth-order valence-electron chi connectivity index (χ4n) is 0.997. The molecule has 5 heteroatoms. The van der Waals surface area contributed by atoms with Crippen molar-refractivity contribution >= 4 is 6.29 Å². The van der Waals surface area contributed by atoms with Crippen molar-refractivity contribution < 1.29 is 15.0 Å². The molecule has 5 nitrogen and oxygen atoms in total. The van der Waals surface area contributed by atoms with Crippen LogP contribution in [0.1, 0.15) is 22.2 Å². The standard InChI is InChI=1S/C9H8N2O3/c10-4-7(13)9(14)8-6(5-12)2-1-3-11-8/h1-3,5,7,9,13-14H. The average molecular weight is 192 g/mol. The van der Waals surface area contributed by atoms with E-state index in [9.17, 15) is 9.90 Å². The predicted octanol–water partition coefficient (Wildman–Crippen LogP) is -0.188. The van der Waals surface area contributed by atoms with Gasteiger partial charge in [-0.25, -0.2) is 0 Å². The molecule has 1 aromatic heterocycles. The monoisotopic (exact) mass is 192 g/mol. The van der Waals surface area contributed by atoms with Gasteiger partial charge in [0.2, 0.25) is 0 Å². The molecule has 0 amide bonds. The van der Waals surface area contributed by atoms with E-state index < -0.39 is 12.2 Å². The normalized spacial score (nSPS) is 14.1. The van der Waals surface area contributed by atoms with Crippen molar-refractivity contribution in [1.29, 1.82) is 5.26 Å². The van der Waals surface area contributed by atoms with Gasteiger partial charge in [-0.1, -0.05) is 0 Å². The van der Waals surface area contributed by atoms with Crippen LogP contribution in [-0.2, 0) is 0 Å². The number of aldehydes is 1. The largest absolute Gasteiger partial charge is 0.383 e. The molecule has 0 aliphatic rings. The number of aliphatic hydroxyl groups is 2. The number of nitriles is 1. The van der Waals surface area contributed by atoms with Crippen molar-refractivity contribution in [3.63, 3.8) is 0 Å². The fraction of sp³-hybridized carbons (Fsp3) is 0.222. The van der Waals surface area contributed by atoms with Crippen LogP contribution in [0.15, 0.2) is 18.3 Å². The summed E-state index contributed by atoms with van der Waals surface area (Å²) in [6, 6.07) is 4.44. The van der Waals surface area contributed by atoms with Crippen molar-refractivity contribution in [1.82, 2.24) is 4.98 Å². The molecule has 0 aliphatic heterocycles. The summed E-state index contributed by atoms with van der Waals surface area (Å²) in [5, 5.41) is 26.8. The van der Waals surface area contributed by atoms with Gasteiger partial charge in [-0.05, 0) is 12.1 Å². The van der Waals surface area contributed by atoms with E-state index in [0.717, 1.165) is 0 Å². The average Bonchev–Trinajstić information content (AvgIpc) is 2.26. The number of hydrogen-bond acceptors (Lipinski definition) is 5. The van der Waals surface area contributed by atoms with Crippen molar-refractivity contribution in [2.45, 2.75) is 12.2 Å². The summed E-state index contributed by atoms with van der Waals surface area (Å²) in [6.45, 7) is 0. The third-order valence-electron chi connectivity index (χ3n) is 1.71. The zero-order valence-electron chi connectivity index (χ0n) is 7.16. The molecule has 2 N–H and O–H groups in total. The first kappa shape index (κ1) is 10.3. The quantitative estimate of drug-likeness (QED) is 0.511. The zero-order valence-corrected chi connectivity index (χ0v) is 7.16. The van der Waals surface area contributed by atoms with E-state index in [2.05, 4.69) is 4.98 Å². The molecule has 0 fully saturated rings. The van der Waals surface area contributed by atoms with Crippen molar-refractivity contribution in [3.8, 4) is 6.07 Å². The number of carbonyl (C=O) groups excluding carboxylic acids is 1. The molecule has 2 unspecified atom stereocenters. The lowest BCUT2D eigenvalue weighted by molar-refractivity contribution is 0.0492. The third kappa shape index (κ3) is 1.93. The van der Waals surface area contributed by atoms with Crippen molar-refractivity contribution in [2.75, 3.05) is 0 Å². The van der Waals surface area contributed by atoms with E-state index >= 15 is 0 Å². The summed E-state index contributed by atoms with van der Waals surface area (Å²) in [4.78, 5) is 14.3. The highest BCUT2D eigenvalue weighted by Gasteiger charge is 2.21. The molecule has 0 bridgehead atoms. The summed E-state index contributed by atoms with van der Waals surface area (Å²) in [5.74, 6) is 0. The summed E-state index contributed by atoms with van der Waals surface area (Å²) < 4.78 is 0. The zero-order chi connectivity index (χ0) is 10.6. The molecule has 1 rings (SSSR count). The molecule has 0 aliphatic carbocycles. The highest BCUT2D eigenvalue weighted by Crippen LogP contribution is 2.16. The van der Waals surface area contributed by atoms with Gasteiger partial charge in [0.25, 0.3) is 0 Å². The smallest absolute Gasteiger partial charge is 0.171 e. The molecule has 0 spiro atoms. The molecule has 2 atom stereocenters. The van der Waals surface area contributed by atoms with Crippen LogP contribution >= 0.6 is 0 Å². The molecule has 0 saturated heterocycles. The Morgan fingerprint density at radius 1 is 1.57 bits per heavy atom. The second kappa shape index (κ2) is 4.46. The molecule has 1 aromatic rings. The minimum absolute atomic E-state index is 0.0107. The van der Waals surface area contributed by atoms with E-state index in [0.29, 0.717) is 6.29 Å². The molecule has 0 saturated carbocycles. The molecule has 0 aromatic carbocycles. The highest BCUT2D eigenvalue weighted by molar-refractivity contribution is 5.76. The Balaban J connectivity index is 3.06. The van der Waals surface area contributed by atoms with Crippen LogP contribution in [0.25, 0.3) is 0 Å². The lowest BCUT2D eigenvalue weighted by Crippen LogP contribution is -2.18. The SMILES string of the molecule is N#CC(O)C(O)c1ncccc1C=O. The number of aliphatic hydroxyl groups excluding tert-OH is 2. The lowest BCUT2D eigenvalue weighted by Gasteiger charge is -2.11.